The number of rotatable bonds is 10. The Balaban J connectivity index is 4.23. The molecule has 0 heterocycles. The van der Waals surface area contributed by atoms with E-state index in [1.807, 2.05) is 0 Å². The molecule has 23 heavy (non-hydrogen) atoms. The summed E-state index contributed by atoms with van der Waals surface area (Å²) >= 11 is 0. The van der Waals surface area contributed by atoms with Crippen molar-refractivity contribution >= 4 is 29.8 Å². The monoisotopic (exact) mass is 333 g/mol. The van der Waals surface area contributed by atoms with Crippen LogP contribution in [0.15, 0.2) is 0 Å². The molecule has 0 rings (SSSR count). The predicted octanol–water partition coefficient (Wildman–Crippen LogP) is -0.995. The van der Waals surface area contributed by atoms with Crippen molar-refractivity contribution in [3.63, 3.8) is 0 Å². The molecular weight excluding hydrogens is 314 g/mol. The van der Waals surface area contributed by atoms with Crippen molar-refractivity contribution in [2.45, 2.75) is 31.7 Å². The van der Waals surface area contributed by atoms with E-state index >= 15 is 0 Å². The van der Waals surface area contributed by atoms with Gasteiger partial charge in [0.1, 0.15) is 6.61 Å². The van der Waals surface area contributed by atoms with Crippen molar-refractivity contribution in [3.05, 3.63) is 0 Å². The van der Waals surface area contributed by atoms with Gasteiger partial charge in [-0.3, -0.25) is 19.2 Å². The third-order valence-electron chi connectivity index (χ3n) is 2.59. The minimum Gasteiger partial charge on any atom is -0.480 e. The number of ether oxygens (including phenoxy) is 3. The molecule has 0 radical (unpaired) electrons. The normalized spacial score (nSPS) is 11.0. The minimum atomic E-state index is -1.46. The van der Waals surface area contributed by atoms with Crippen LogP contribution in [0.25, 0.3) is 0 Å². The van der Waals surface area contributed by atoms with Crippen molar-refractivity contribution < 1.29 is 43.3 Å². The molecule has 0 aliphatic carbocycles. The fourth-order valence-electron chi connectivity index (χ4n) is 1.31. The lowest BCUT2D eigenvalue weighted by atomic mass is 10.2. The summed E-state index contributed by atoms with van der Waals surface area (Å²) in [6.45, 7) is -0.598. The van der Waals surface area contributed by atoms with Crippen molar-refractivity contribution in [1.82, 2.24) is 5.32 Å². The maximum absolute atomic E-state index is 11.5. The largest absolute Gasteiger partial charge is 0.480 e. The number of hydrogen-bond donors (Lipinski definition) is 2. The zero-order valence-corrected chi connectivity index (χ0v) is 12.8. The fraction of sp³-hybridized carbons (Fsp3) is 0.615. The number of aliphatic carboxylic acids is 1. The molecular formula is C13H19NO9. The van der Waals surface area contributed by atoms with Gasteiger partial charge in [-0.1, -0.05) is 0 Å². The highest BCUT2D eigenvalue weighted by Gasteiger charge is 2.22. The Hall–Kier alpha value is -2.65. The fourth-order valence-corrected chi connectivity index (χ4v) is 1.31. The van der Waals surface area contributed by atoms with Gasteiger partial charge in [0.15, 0.2) is 6.04 Å². The highest BCUT2D eigenvalue weighted by atomic mass is 16.5. The van der Waals surface area contributed by atoms with E-state index in [9.17, 15) is 24.0 Å². The lowest BCUT2D eigenvalue weighted by Gasteiger charge is -2.14. The number of esters is 3. The van der Waals surface area contributed by atoms with Crippen molar-refractivity contribution in [2.75, 3.05) is 20.8 Å². The molecule has 0 fully saturated rings. The van der Waals surface area contributed by atoms with Gasteiger partial charge in [-0.25, -0.2) is 4.79 Å². The summed E-state index contributed by atoms with van der Waals surface area (Å²) in [5, 5.41) is 11.1. The van der Waals surface area contributed by atoms with E-state index in [1.165, 1.54) is 0 Å². The third-order valence-corrected chi connectivity index (χ3v) is 2.59. The van der Waals surface area contributed by atoms with Crippen LogP contribution in [0.3, 0.4) is 0 Å². The zero-order valence-electron chi connectivity index (χ0n) is 12.8. The molecule has 0 aliphatic rings. The number of carbonyl (C=O) groups excluding carboxylic acids is 4. The summed E-state index contributed by atoms with van der Waals surface area (Å²) in [7, 11) is 2.33. The van der Waals surface area contributed by atoms with Gasteiger partial charge in [-0.05, 0) is 0 Å². The molecule has 0 aromatic rings. The molecule has 1 unspecified atom stereocenters. The van der Waals surface area contributed by atoms with Crippen LogP contribution in [0, 0.1) is 0 Å². The number of carbonyl (C=O) groups is 5. The first-order valence-electron chi connectivity index (χ1n) is 6.61. The van der Waals surface area contributed by atoms with Gasteiger partial charge in [0.25, 0.3) is 0 Å². The number of nitrogens with one attached hydrogen (secondary N) is 1. The van der Waals surface area contributed by atoms with E-state index in [2.05, 4.69) is 19.5 Å². The zero-order chi connectivity index (χ0) is 17.8. The van der Waals surface area contributed by atoms with Gasteiger partial charge >= 0.3 is 23.9 Å². The molecule has 0 aliphatic heterocycles. The number of carboxylic acid groups (broad SMARTS) is 1. The molecule has 10 nitrogen and oxygen atoms in total. The second-order valence-electron chi connectivity index (χ2n) is 4.29. The maximum atomic E-state index is 11.5. The predicted molar refractivity (Wildman–Crippen MR) is 73.0 cm³/mol. The van der Waals surface area contributed by atoms with Crippen LogP contribution in [0.5, 0.6) is 0 Å². The van der Waals surface area contributed by atoms with Crippen molar-refractivity contribution in [2.24, 2.45) is 0 Å². The summed E-state index contributed by atoms with van der Waals surface area (Å²) in [6, 6.07) is -1.46. The standard InChI is InChI=1S/C13H19NO9/c1-21-10(16)4-3-9(15)14-8(13(19)20)7-23-12(18)6-5-11(17)22-2/h8H,3-7H2,1-2H3,(H,14,15)(H,19,20). The molecule has 130 valence electrons. The molecule has 0 bridgehead atoms. The second kappa shape index (κ2) is 11.0. The number of methoxy groups -OCH3 is 2. The Morgan fingerprint density at radius 3 is 1.83 bits per heavy atom. The average molecular weight is 333 g/mol. The summed E-state index contributed by atoms with van der Waals surface area (Å²) in [6.07, 6.45) is -0.922. The molecule has 0 spiro atoms. The smallest absolute Gasteiger partial charge is 0.329 e. The highest BCUT2D eigenvalue weighted by molar-refractivity contribution is 5.86. The molecule has 10 heteroatoms. The summed E-state index contributed by atoms with van der Waals surface area (Å²) < 4.78 is 13.4. The van der Waals surface area contributed by atoms with Gasteiger partial charge < -0.3 is 24.6 Å². The van der Waals surface area contributed by atoms with E-state index in [0.29, 0.717) is 0 Å². The van der Waals surface area contributed by atoms with E-state index in [-0.39, 0.29) is 25.7 Å². The van der Waals surface area contributed by atoms with E-state index in [0.717, 1.165) is 14.2 Å². The molecule has 1 amide bonds. The average Bonchev–Trinajstić information content (AvgIpc) is 2.53. The Bertz CT molecular complexity index is 460. The summed E-state index contributed by atoms with van der Waals surface area (Å²) in [5.41, 5.74) is 0. The van der Waals surface area contributed by atoms with Gasteiger partial charge in [-0.2, -0.15) is 0 Å². The Morgan fingerprint density at radius 2 is 1.35 bits per heavy atom. The summed E-state index contributed by atoms with van der Waals surface area (Å²) in [4.78, 5) is 55.5. The third kappa shape index (κ3) is 9.82. The number of carboxylic acids is 1. The summed E-state index contributed by atoms with van der Waals surface area (Å²) in [5.74, 6) is -4.12. The number of hydrogen-bond acceptors (Lipinski definition) is 8. The first-order valence-corrected chi connectivity index (χ1v) is 6.61. The molecule has 0 saturated heterocycles. The lowest BCUT2D eigenvalue weighted by Crippen LogP contribution is -2.44. The van der Waals surface area contributed by atoms with Crippen molar-refractivity contribution in [1.29, 1.82) is 0 Å². The first-order chi connectivity index (χ1) is 10.8. The van der Waals surface area contributed by atoms with E-state index in [1.54, 1.807) is 0 Å². The Labute approximate surface area is 132 Å². The van der Waals surface area contributed by atoms with Crippen LogP contribution >= 0.6 is 0 Å². The topological polar surface area (TPSA) is 145 Å². The molecule has 2 N–H and O–H groups in total. The molecule has 0 aromatic heterocycles. The Morgan fingerprint density at radius 1 is 0.870 bits per heavy atom. The molecule has 0 saturated carbocycles. The quantitative estimate of drug-likeness (QED) is 0.380. The van der Waals surface area contributed by atoms with Crippen LogP contribution in [0.1, 0.15) is 25.7 Å². The second-order valence-corrected chi connectivity index (χ2v) is 4.29. The minimum absolute atomic E-state index is 0.196. The van der Waals surface area contributed by atoms with E-state index in [4.69, 9.17) is 5.11 Å². The molecule has 0 aromatic carbocycles. The Kier molecular flexibility index (Phi) is 9.72. The lowest BCUT2D eigenvalue weighted by molar-refractivity contribution is -0.153. The van der Waals surface area contributed by atoms with Crippen molar-refractivity contribution in [3.8, 4) is 0 Å². The maximum Gasteiger partial charge on any atom is 0.329 e. The van der Waals surface area contributed by atoms with Crippen LogP contribution in [0.2, 0.25) is 0 Å². The van der Waals surface area contributed by atoms with Crippen LogP contribution in [-0.4, -0.2) is 61.8 Å². The highest BCUT2D eigenvalue weighted by Crippen LogP contribution is 1.98. The number of amides is 1. The van der Waals surface area contributed by atoms with Crippen LogP contribution < -0.4 is 5.32 Å². The van der Waals surface area contributed by atoms with Crippen LogP contribution in [-0.2, 0) is 38.2 Å². The van der Waals surface area contributed by atoms with Gasteiger partial charge in [0, 0.05) is 6.42 Å². The van der Waals surface area contributed by atoms with E-state index < -0.39 is 42.4 Å². The van der Waals surface area contributed by atoms with Gasteiger partial charge in [-0.15, -0.1) is 0 Å². The SMILES string of the molecule is COC(=O)CCC(=O)NC(COC(=O)CCC(=O)OC)C(=O)O. The van der Waals surface area contributed by atoms with Crippen LogP contribution in [0.4, 0.5) is 0 Å². The molecule has 1 atom stereocenters. The first kappa shape index (κ1) is 20.3. The van der Waals surface area contributed by atoms with Gasteiger partial charge in [0.2, 0.25) is 5.91 Å². The van der Waals surface area contributed by atoms with Gasteiger partial charge in [0.05, 0.1) is 33.5 Å².